The number of amides is 2. The van der Waals surface area contributed by atoms with Crippen LogP contribution < -0.4 is 15.4 Å². The maximum Gasteiger partial charge on any atom is 0.231 e. The molecule has 0 saturated carbocycles. The highest BCUT2D eigenvalue weighted by Crippen LogP contribution is 2.34. The monoisotopic (exact) mass is 324 g/mol. The van der Waals surface area contributed by atoms with Crippen molar-refractivity contribution in [2.45, 2.75) is 26.2 Å². The Morgan fingerprint density at radius 1 is 1.21 bits per heavy atom. The quantitative estimate of drug-likeness (QED) is 0.886. The van der Waals surface area contributed by atoms with E-state index < -0.39 is 0 Å². The molecule has 3 rings (SSSR count). The second kappa shape index (κ2) is 6.74. The lowest BCUT2D eigenvalue weighted by Crippen LogP contribution is -2.14. The Kier molecular flexibility index (Phi) is 4.51. The minimum Gasteiger partial charge on any atom is -0.494 e. The summed E-state index contributed by atoms with van der Waals surface area (Å²) in [4.78, 5) is 23.9. The van der Waals surface area contributed by atoms with Crippen molar-refractivity contribution in [3.8, 4) is 5.75 Å². The number of carbonyl (C=O) groups excluding carboxylic acids is 2. The molecule has 2 aromatic carbocycles. The number of anilines is 2. The van der Waals surface area contributed by atoms with Crippen molar-refractivity contribution in [1.29, 1.82) is 0 Å². The molecule has 0 saturated heterocycles. The van der Waals surface area contributed by atoms with E-state index in [9.17, 15) is 9.59 Å². The first-order chi connectivity index (χ1) is 11.6. The third-order valence-corrected chi connectivity index (χ3v) is 4.05. The van der Waals surface area contributed by atoms with Gasteiger partial charge in [-0.2, -0.15) is 0 Å². The first-order valence-electron chi connectivity index (χ1n) is 8.03. The van der Waals surface area contributed by atoms with Gasteiger partial charge in [0.2, 0.25) is 11.8 Å². The predicted molar refractivity (Wildman–Crippen MR) is 93.4 cm³/mol. The van der Waals surface area contributed by atoms with E-state index in [1.807, 2.05) is 50.2 Å². The average molecular weight is 324 g/mol. The van der Waals surface area contributed by atoms with Gasteiger partial charge < -0.3 is 15.4 Å². The third-order valence-electron chi connectivity index (χ3n) is 4.05. The fraction of sp³-hybridized carbons (Fsp3) is 0.263. The molecule has 24 heavy (non-hydrogen) atoms. The molecule has 2 amide bonds. The molecule has 1 unspecified atom stereocenters. The Labute approximate surface area is 141 Å². The molecule has 0 spiro atoms. The maximum absolute atomic E-state index is 12.2. The first-order valence-corrected chi connectivity index (χ1v) is 8.03. The Bertz CT molecular complexity index is 769. The van der Waals surface area contributed by atoms with E-state index in [-0.39, 0.29) is 24.2 Å². The van der Waals surface area contributed by atoms with E-state index >= 15 is 0 Å². The Morgan fingerprint density at radius 2 is 1.96 bits per heavy atom. The zero-order chi connectivity index (χ0) is 17.1. The predicted octanol–water partition coefficient (Wildman–Crippen LogP) is 3.32. The van der Waals surface area contributed by atoms with Crippen LogP contribution in [0.1, 0.15) is 30.9 Å². The van der Waals surface area contributed by atoms with Crippen LogP contribution in [0.5, 0.6) is 5.75 Å². The van der Waals surface area contributed by atoms with Crippen molar-refractivity contribution in [3.63, 3.8) is 0 Å². The van der Waals surface area contributed by atoms with Crippen molar-refractivity contribution in [1.82, 2.24) is 0 Å². The number of hydrogen-bond acceptors (Lipinski definition) is 3. The SMILES string of the molecule is CCOc1ccc(CC(=O)Nc2ccc3c(c2)C(C)C(=O)N3)cc1. The molecule has 0 aromatic heterocycles. The van der Waals surface area contributed by atoms with E-state index in [0.29, 0.717) is 12.3 Å². The van der Waals surface area contributed by atoms with E-state index in [2.05, 4.69) is 10.6 Å². The molecule has 0 fully saturated rings. The molecule has 1 atom stereocenters. The zero-order valence-corrected chi connectivity index (χ0v) is 13.8. The van der Waals surface area contributed by atoms with Crippen LogP contribution in [0.4, 0.5) is 11.4 Å². The van der Waals surface area contributed by atoms with E-state index in [1.54, 1.807) is 6.07 Å². The largest absolute Gasteiger partial charge is 0.494 e. The average Bonchev–Trinajstić information content (AvgIpc) is 2.84. The lowest BCUT2D eigenvalue weighted by Gasteiger charge is -2.09. The van der Waals surface area contributed by atoms with Crippen LogP contribution in [0.15, 0.2) is 42.5 Å². The van der Waals surface area contributed by atoms with Gasteiger partial charge in [-0.1, -0.05) is 12.1 Å². The molecule has 0 aliphatic carbocycles. The summed E-state index contributed by atoms with van der Waals surface area (Å²) >= 11 is 0. The van der Waals surface area contributed by atoms with Crippen molar-refractivity contribution in [2.75, 3.05) is 17.2 Å². The molecule has 2 N–H and O–H groups in total. The summed E-state index contributed by atoms with van der Waals surface area (Å²) in [5, 5.41) is 5.71. The molecule has 0 bridgehead atoms. The molecule has 0 radical (unpaired) electrons. The van der Waals surface area contributed by atoms with Crippen molar-refractivity contribution >= 4 is 23.2 Å². The number of rotatable bonds is 5. The van der Waals surface area contributed by atoms with E-state index in [1.165, 1.54) is 0 Å². The van der Waals surface area contributed by atoms with Crippen LogP contribution in [0.2, 0.25) is 0 Å². The van der Waals surface area contributed by atoms with Gasteiger partial charge >= 0.3 is 0 Å². The fourth-order valence-corrected chi connectivity index (χ4v) is 2.76. The van der Waals surface area contributed by atoms with Crippen molar-refractivity contribution < 1.29 is 14.3 Å². The van der Waals surface area contributed by atoms with Crippen LogP contribution in [0.25, 0.3) is 0 Å². The lowest BCUT2D eigenvalue weighted by molar-refractivity contribution is -0.117. The zero-order valence-electron chi connectivity index (χ0n) is 13.8. The van der Waals surface area contributed by atoms with Crippen LogP contribution >= 0.6 is 0 Å². The molecular weight excluding hydrogens is 304 g/mol. The maximum atomic E-state index is 12.2. The summed E-state index contributed by atoms with van der Waals surface area (Å²) in [6.07, 6.45) is 0.288. The highest BCUT2D eigenvalue weighted by Gasteiger charge is 2.26. The highest BCUT2D eigenvalue weighted by atomic mass is 16.5. The standard InChI is InChI=1S/C19H20N2O3/c1-3-24-15-7-4-13(5-8-15)10-18(22)20-14-6-9-17-16(11-14)12(2)19(23)21-17/h4-9,11-12H,3,10H2,1-2H3,(H,20,22)(H,21,23). The Morgan fingerprint density at radius 3 is 2.67 bits per heavy atom. The smallest absolute Gasteiger partial charge is 0.231 e. The van der Waals surface area contributed by atoms with Gasteiger partial charge in [-0.3, -0.25) is 9.59 Å². The molecule has 5 heteroatoms. The topological polar surface area (TPSA) is 67.4 Å². The van der Waals surface area contributed by atoms with Gasteiger partial charge in [-0.05, 0) is 55.3 Å². The number of fused-ring (bicyclic) bond motifs is 1. The number of hydrogen-bond donors (Lipinski definition) is 2. The summed E-state index contributed by atoms with van der Waals surface area (Å²) in [7, 11) is 0. The number of carbonyl (C=O) groups is 2. The summed E-state index contributed by atoms with van der Waals surface area (Å²) in [6, 6.07) is 13.0. The highest BCUT2D eigenvalue weighted by molar-refractivity contribution is 6.03. The summed E-state index contributed by atoms with van der Waals surface area (Å²) < 4.78 is 5.39. The number of nitrogens with one attached hydrogen (secondary N) is 2. The third kappa shape index (κ3) is 3.40. The van der Waals surface area contributed by atoms with E-state index in [0.717, 1.165) is 22.6 Å². The Balaban J connectivity index is 1.64. The second-order valence-corrected chi connectivity index (χ2v) is 5.81. The van der Waals surface area contributed by atoms with Crippen LogP contribution in [0.3, 0.4) is 0 Å². The molecule has 5 nitrogen and oxygen atoms in total. The summed E-state index contributed by atoms with van der Waals surface area (Å²) in [5.74, 6) is 0.501. The first kappa shape index (κ1) is 16.1. The molecule has 2 aromatic rings. The fourth-order valence-electron chi connectivity index (χ4n) is 2.76. The van der Waals surface area contributed by atoms with Crippen LogP contribution in [-0.4, -0.2) is 18.4 Å². The number of benzene rings is 2. The minimum atomic E-state index is -0.192. The van der Waals surface area contributed by atoms with Gasteiger partial charge in [0.15, 0.2) is 0 Å². The minimum absolute atomic E-state index is 0.0112. The molecule has 1 heterocycles. The second-order valence-electron chi connectivity index (χ2n) is 5.81. The molecular formula is C19H20N2O3. The van der Waals surface area contributed by atoms with Gasteiger partial charge in [-0.15, -0.1) is 0 Å². The van der Waals surface area contributed by atoms with Crippen molar-refractivity contribution in [3.05, 3.63) is 53.6 Å². The van der Waals surface area contributed by atoms with E-state index in [4.69, 9.17) is 4.74 Å². The van der Waals surface area contributed by atoms with Gasteiger partial charge in [0.1, 0.15) is 5.75 Å². The van der Waals surface area contributed by atoms with Gasteiger partial charge in [-0.25, -0.2) is 0 Å². The normalized spacial score (nSPS) is 15.6. The Hall–Kier alpha value is -2.82. The summed E-state index contributed by atoms with van der Waals surface area (Å²) in [5.41, 5.74) is 3.35. The summed E-state index contributed by atoms with van der Waals surface area (Å²) in [6.45, 7) is 4.41. The van der Waals surface area contributed by atoms with Crippen LogP contribution in [0, 0.1) is 0 Å². The number of ether oxygens (including phenoxy) is 1. The van der Waals surface area contributed by atoms with Crippen LogP contribution in [-0.2, 0) is 16.0 Å². The molecule has 124 valence electrons. The van der Waals surface area contributed by atoms with Gasteiger partial charge in [0.25, 0.3) is 0 Å². The lowest BCUT2D eigenvalue weighted by atomic mass is 10.0. The van der Waals surface area contributed by atoms with Crippen molar-refractivity contribution in [2.24, 2.45) is 0 Å². The molecule has 1 aliphatic rings. The molecule has 1 aliphatic heterocycles. The van der Waals surface area contributed by atoms with Gasteiger partial charge in [0.05, 0.1) is 18.9 Å². The van der Waals surface area contributed by atoms with Gasteiger partial charge in [0, 0.05) is 11.4 Å².